The molecule has 2 heterocycles. The molecule has 0 saturated carbocycles. The van der Waals surface area contributed by atoms with Crippen LogP contribution in [-0.4, -0.2) is 19.5 Å². The van der Waals surface area contributed by atoms with Crippen LogP contribution in [0.15, 0.2) is 170 Å². The van der Waals surface area contributed by atoms with Gasteiger partial charge in [-0.25, -0.2) is 4.98 Å². The van der Waals surface area contributed by atoms with Crippen LogP contribution in [0.5, 0.6) is 0 Å². The Balaban J connectivity index is 0.00000166. The van der Waals surface area contributed by atoms with E-state index in [4.69, 9.17) is 15.0 Å². The summed E-state index contributed by atoms with van der Waals surface area (Å²) in [5, 5.41) is 2.34. The predicted octanol–water partition coefficient (Wildman–Crippen LogP) is 11.7. The number of aromatic nitrogens is 4. The Bertz CT molecular complexity index is 2710. The van der Waals surface area contributed by atoms with Gasteiger partial charge >= 0.3 is 0 Å². The topological polar surface area (TPSA) is 43.6 Å². The average molecular weight is 667 g/mol. The van der Waals surface area contributed by atoms with E-state index >= 15 is 0 Å². The van der Waals surface area contributed by atoms with Gasteiger partial charge in [-0.05, 0) is 45.0 Å². The summed E-state index contributed by atoms with van der Waals surface area (Å²) >= 11 is 0. The molecule has 0 atom stereocenters. The van der Waals surface area contributed by atoms with Crippen molar-refractivity contribution in [2.75, 3.05) is 0 Å². The Morgan fingerprint density at radius 3 is 1.48 bits per heavy atom. The van der Waals surface area contributed by atoms with Crippen molar-refractivity contribution in [3.05, 3.63) is 192 Å². The van der Waals surface area contributed by atoms with E-state index < -0.39 is 5.41 Å². The molecule has 4 nitrogen and oxygen atoms in total. The maximum Gasteiger partial charge on any atom is 0.238 e. The van der Waals surface area contributed by atoms with E-state index in [-0.39, 0.29) is 0 Å². The molecular weight excluding hydrogens is 633 g/mol. The van der Waals surface area contributed by atoms with Crippen molar-refractivity contribution >= 4 is 21.8 Å². The highest BCUT2D eigenvalue weighted by Crippen LogP contribution is 2.64. The monoisotopic (exact) mass is 666 g/mol. The third-order valence-corrected chi connectivity index (χ3v) is 10.7. The zero-order valence-corrected chi connectivity index (χ0v) is 29.0. The maximum atomic E-state index is 5.25. The molecule has 0 saturated heterocycles. The number of nitrogens with zero attached hydrogens (tertiary/aromatic N) is 4. The van der Waals surface area contributed by atoms with Gasteiger partial charge in [0, 0.05) is 27.5 Å². The molecular formula is C48H34N4. The third-order valence-electron chi connectivity index (χ3n) is 10.7. The minimum atomic E-state index is -0.446. The Hall–Kier alpha value is -6.65. The highest BCUT2D eigenvalue weighted by atomic mass is 15.2. The molecule has 4 heteroatoms. The summed E-state index contributed by atoms with van der Waals surface area (Å²) in [5.74, 6) is 1.88. The van der Waals surface area contributed by atoms with Crippen molar-refractivity contribution in [2.24, 2.45) is 0 Å². The maximum absolute atomic E-state index is 5.25. The van der Waals surface area contributed by atoms with E-state index in [2.05, 4.69) is 138 Å². The SMILES string of the molecule is CC.c1ccc(-c2nc(-c3ccccc3)nc(-n3c4ccccc4c4ccc5c(c43)-c3ccccc3C53c4ccccc4-c4ccccc43)n2)cc1. The first kappa shape index (κ1) is 30.2. The Labute approximate surface area is 302 Å². The van der Waals surface area contributed by atoms with Gasteiger partial charge in [-0.2, -0.15) is 9.97 Å². The van der Waals surface area contributed by atoms with Crippen molar-refractivity contribution < 1.29 is 0 Å². The average Bonchev–Trinajstić information content (AvgIpc) is 3.84. The molecule has 52 heavy (non-hydrogen) atoms. The summed E-state index contributed by atoms with van der Waals surface area (Å²) in [7, 11) is 0. The number of rotatable bonds is 3. The molecule has 2 aliphatic rings. The van der Waals surface area contributed by atoms with Gasteiger partial charge in [0.15, 0.2) is 11.6 Å². The van der Waals surface area contributed by atoms with E-state index in [9.17, 15) is 0 Å². The first-order valence-corrected chi connectivity index (χ1v) is 18.1. The molecule has 2 aliphatic carbocycles. The Kier molecular flexibility index (Phi) is 6.80. The van der Waals surface area contributed by atoms with Crippen molar-refractivity contribution in [3.8, 4) is 51.0 Å². The highest BCUT2D eigenvalue weighted by Gasteiger charge is 2.52. The van der Waals surface area contributed by atoms with Crippen LogP contribution in [0.3, 0.4) is 0 Å². The molecule has 0 unspecified atom stereocenters. The predicted molar refractivity (Wildman–Crippen MR) is 213 cm³/mol. The molecule has 0 amide bonds. The summed E-state index contributed by atoms with van der Waals surface area (Å²) in [6.45, 7) is 4.00. The minimum absolute atomic E-state index is 0.446. The lowest BCUT2D eigenvalue weighted by Gasteiger charge is -2.30. The number of para-hydroxylation sites is 1. The van der Waals surface area contributed by atoms with Gasteiger partial charge in [0.1, 0.15) is 0 Å². The number of hydrogen-bond donors (Lipinski definition) is 0. The van der Waals surface area contributed by atoms with Gasteiger partial charge in [0.05, 0.1) is 16.4 Å². The Morgan fingerprint density at radius 2 is 0.885 bits per heavy atom. The van der Waals surface area contributed by atoms with E-state index in [0.29, 0.717) is 17.6 Å². The van der Waals surface area contributed by atoms with Crippen LogP contribution in [-0.2, 0) is 5.41 Å². The zero-order valence-electron chi connectivity index (χ0n) is 29.0. The molecule has 246 valence electrons. The van der Waals surface area contributed by atoms with Crippen molar-refractivity contribution in [1.29, 1.82) is 0 Å². The summed E-state index contributed by atoms with van der Waals surface area (Å²) in [4.78, 5) is 15.5. The molecule has 1 spiro atoms. The van der Waals surface area contributed by atoms with Crippen LogP contribution >= 0.6 is 0 Å². The third kappa shape index (κ3) is 4.06. The first-order valence-electron chi connectivity index (χ1n) is 18.1. The standard InChI is InChI=1S/C46H28N4.C2H6/c1-3-15-29(16-4-1)43-47-44(30-17-5-2-6-18-30)49-45(48-43)50-40-26-14-10-21-33(40)34-27-28-39-41(42(34)50)35-22-9-13-25-38(35)46(39)36-23-11-7-19-31(36)32-20-8-12-24-37(32)46;1-2/h1-28H;1-2H3. The summed E-state index contributed by atoms with van der Waals surface area (Å²) in [6.07, 6.45) is 0. The summed E-state index contributed by atoms with van der Waals surface area (Å²) in [6, 6.07) is 60.6. The molecule has 9 aromatic rings. The number of benzene rings is 7. The van der Waals surface area contributed by atoms with Crippen LogP contribution in [0.4, 0.5) is 0 Å². The molecule has 0 N–H and O–H groups in total. The molecule has 0 aliphatic heterocycles. The normalized spacial score (nSPS) is 13.0. The number of fused-ring (bicyclic) bond motifs is 14. The van der Waals surface area contributed by atoms with Gasteiger partial charge in [-0.1, -0.05) is 178 Å². The lowest BCUT2D eigenvalue weighted by atomic mass is 9.70. The second-order valence-corrected chi connectivity index (χ2v) is 13.1. The second-order valence-electron chi connectivity index (χ2n) is 13.1. The largest absolute Gasteiger partial charge is 0.277 e. The van der Waals surface area contributed by atoms with Gasteiger partial charge in [-0.3, -0.25) is 4.57 Å². The van der Waals surface area contributed by atoms with Crippen LogP contribution in [0.2, 0.25) is 0 Å². The number of hydrogen-bond acceptors (Lipinski definition) is 3. The molecule has 11 rings (SSSR count). The van der Waals surface area contributed by atoms with Crippen LogP contribution in [0, 0.1) is 0 Å². The van der Waals surface area contributed by atoms with Gasteiger partial charge < -0.3 is 0 Å². The quantitative estimate of drug-likeness (QED) is 0.188. The summed E-state index contributed by atoms with van der Waals surface area (Å²) in [5.41, 5.74) is 13.9. The van der Waals surface area contributed by atoms with Gasteiger partial charge in [0.2, 0.25) is 5.95 Å². The highest BCUT2D eigenvalue weighted by molar-refractivity contribution is 6.16. The van der Waals surface area contributed by atoms with E-state index in [1.807, 2.05) is 50.2 Å². The Morgan fingerprint density at radius 1 is 0.404 bits per heavy atom. The van der Waals surface area contributed by atoms with Crippen LogP contribution < -0.4 is 0 Å². The van der Waals surface area contributed by atoms with E-state index in [1.165, 1.54) is 55.3 Å². The van der Waals surface area contributed by atoms with Gasteiger partial charge in [-0.15, -0.1) is 0 Å². The minimum Gasteiger partial charge on any atom is -0.277 e. The lowest BCUT2D eigenvalue weighted by molar-refractivity contribution is 0.794. The smallest absolute Gasteiger partial charge is 0.238 e. The zero-order chi connectivity index (χ0) is 34.8. The fourth-order valence-corrected chi connectivity index (χ4v) is 8.74. The van der Waals surface area contributed by atoms with Crippen molar-refractivity contribution in [1.82, 2.24) is 19.5 Å². The molecule has 7 aromatic carbocycles. The molecule has 0 bridgehead atoms. The van der Waals surface area contributed by atoms with Gasteiger partial charge in [0.25, 0.3) is 0 Å². The van der Waals surface area contributed by atoms with E-state index in [0.717, 1.165) is 22.2 Å². The molecule has 0 fully saturated rings. The lowest BCUT2D eigenvalue weighted by Crippen LogP contribution is -2.25. The van der Waals surface area contributed by atoms with Crippen LogP contribution in [0.25, 0.3) is 72.8 Å². The fraction of sp³-hybridized carbons (Fsp3) is 0.0625. The second kappa shape index (κ2) is 11.7. The van der Waals surface area contributed by atoms with Crippen molar-refractivity contribution in [3.63, 3.8) is 0 Å². The fourth-order valence-electron chi connectivity index (χ4n) is 8.74. The van der Waals surface area contributed by atoms with Crippen molar-refractivity contribution in [2.45, 2.75) is 19.3 Å². The van der Waals surface area contributed by atoms with Crippen LogP contribution in [0.1, 0.15) is 36.1 Å². The van der Waals surface area contributed by atoms with E-state index in [1.54, 1.807) is 0 Å². The molecule has 2 aromatic heterocycles. The summed E-state index contributed by atoms with van der Waals surface area (Å²) < 4.78 is 2.28. The first-order chi connectivity index (χ1) is 25.8. The molecule has 0 radical (unpaired) electrons.